The molecule has 0 aromatic heterocycles. The number of hydrogen-bond acceptors (Lipinski definition) is 3. The van der Waals surface area contributed by atoms with Gasteiger partial charge in [-0.15, -0.1) is 0 Å². The minimum absolute atomic E-state index is 0.141. The standard InChI is InChI=1S/C15H21N3O2/c1-4-12-8-6-7-9-13(12)16-15(20)10-11(3)17-18-14(19)5-2/h6-9H,4-5,10H2,1-3H3,(H,16,20)(H,18,19)/b17-11+. The van der Waals surface area contributed by atoms with Gasteiger partial charge in [-0.05, 0) is 25.0 Å². The number of anilines is 1. The molecule has 0 heterocycles. The third kappa shape index (κ3) is 5.22. The summed E-state index contributed by atoms with van der Waals surface area (Å²) in [5.74, 6) is -0.306. The van der Waals surface area contributed by atoms with Crippen LogP contribution in [0.25, 0.3) is 0 Å². The van der Waals surface area contributed by atoms with Crippen molar-refractivity contribution in [3.8, 4) is 0 Å². The number of nitrogens with one attached hydrogen (secondary N) is 2. The molecule has 0 atom stereocenters. The number of nitrogens with zero attached hydrogens (tertiary/aromatic N) is 1. The lowest BCUT2D eigenvalue weighted by molar-refractivity contribution is -0.121. The van der Waals surface area contributed by atoms with Gasteiger partial charge in [0.25, 0.3) is 0 Å². The SMILES string of the molecule is CCC(=O)N/N=C(\C)CC(=O)Nc1ccccc1CC. The zero-order valence-electron chi connectivity index (χ0n) is 12.2. The number of aryl methyl sites for hydroxylation is 1. The van der Waals surface area contributed by atoms with Crippen molar-refractivity contribution >= 4 is 23.2 Å². The molecule has 1 aromatic rings. The fourth-order valence-electron chi connectivity index (χ4n) is 1.65. The van der Waals surface area contributed by atoms with E-state index in [1.165, 1.54) is 0 Å². The molecule has 0 aliphatic heterocycles. The summed E-state index contributed by atoms with van der Waals surface area (Å²) in [4.78, 5) is 23.0. The summed E-state index contributed by atoms with van der Waals surface area (Å²) in [6.45, 7) is 5.49. The predicted octanol–water partition coefficient (Wildman–Crippen LogP) is 2.48. The van der Waals surface area contributed by atoms with Crippen molar-refractivity contribution in [1.82, 2.24) is 5.43 Å². The van der Waals surface area contributed by atoms with Crippen LogP contribution >= 0.6 is 0 Å². The highest BCUT2D eigenvalue weighted by atomic mass is 16.2. The maximum atomic E-state index is 11.9. The van der Waals surface area contributed by atoms with Crippen LogP contribution in [0.5, 0.6) is 0 Å². The number of amides is 2. The fraction of sp³-hybridized carbons (Fsp3) is 0.400. The lowest BCUT2D eigenvalue weighted by atomic mass is 10.1. The van der Waals surface area contributed by atoms with Gasteiger partial charge in [0.15, 0.2) is 0 Å². The third-order valence-corrected chi connectivity index (χ3v) is 2.78. The van der Waals surface area contributed by atoms with E-state index < -0.39 is 0 Å². The minimum atomic E-state index is -0.166. The van der Waals surface area contributed by atoms with Gasteiger partial charge >= 0.3 is 0 Å². The van der Waals surface area contributed by atoms with Crippen LogP contribution in [0.2, 0.25) is 0 Å². The molecule has 0 saturated carbocycles. The lowest BCUT2D eigenvalue weighted by Gasteiger charge is -2.09. The van der Waals surface area contributed by atoms with Crippen LogP contribution in [-0.2, 0) is 16.0 Å². The van der Waals surface area contributed by atoms with Crippen molar-refractivity contribution in [1.29, 1.82) is 0 Å². The summed E-state index contributed by atoms with van der Waals surface area (Å²) in [6, 6.07) is 7.69. The number of carbonyl (C=O) groups excluding carboxylic acids is 2. The van der Waals surface area contributed by atoms with Crippen molar-refractivity contribution in [3.63, 3.8) is 0 Å². The van der Waals surface area contributed by atoms with E-state index >= 15 is 0 Å². The number of benzene rings is 1. The number of rotatable bonds is 6. The predicted molar refractivity (Wildman–Crippen MR) is 80.6 cm³/mol. The Labute approximate surface area is 119 Å². The number of hydrogen-bond donors (Lipinski definition) is 2. The Bertz CT molecular complexity index is 510. The Morgan fingerprint density at radius 3 is 2.50 bits per heavy atom. The maximum absolute atomic E-state index is 11.9. The molecule has 108 valence electrons. The molecule has 5 nitrogen and oxygen atoms in total. The van der Waals surface area contributed by atoms with Gasteiger partial charge in [-0.25, -0.2) is 5.43 Å². The second-order valence-electron chi connectivity index (χ2n) is 4.47. The summed E-state index contributed by atoms with van der Waals surface area (Å²) in [6.07, 6.45) is 1.38. The molecule has 0 bridgehead atoms. The van der Waals surface area contributed by atoms with Crippen LogP contribution in [0.15, 0.2) is 29.4 Å². The summed E-state index contributed by atoms with van der Waals surface area (Å²) in [5, 5.41) is 6.74. The van der Waals surface area contributed by atoms with Crippen LogP contribution in [0.1, 0.15) is 39.2 Å². The second-order valence-corrected chi connectivity index (χ2v) is 4.47. The largest absolute Gasteiger partial charge is 0.326 e. The molecule has 2 N–H and O–H groups in total. The molecule has 1 aromatic carbocycles. The number of carbonyl (C=O) groups is 2. The van der Waals surface area contributed by atoms with E-state index in [0.29, 0.717) is 12.1 Å². The summed E-state index contributed by atoms with van der Waals surface area (Å²) >= 11 is 0. The lowest BCUT2D eigenvalue weighted by Crippen LogP contribution is -2.20. The van der Waals surface area contributed by atoms with E-state index in [1.54, 1.807) is 13.8 Å². The van der Waals surface area contributed by atoms with Crippen LogP contribution in [0.3, 0.4) is 0 Å². The molecule has 0 fully saturated rings. The Hall–Kier alpha value is -2.17. The van der Waals surface area contributed by atoms with Gasteiger partial charge < -0.3 is 5.32 Å². The van der Waals surface area contributed by atoms with E-state index in [0.717, 1.165) is 17.7 Å². The summed E-state index contributed by atoms with van der Waals surface area (Å²) in [7, 11) is 0. The Morgan fingerprint density at radius 1 is 1.15 bits per heavy atom. The smallest absolute Gasteiger partial charge is 0.239 e. The van der Waals surface area contributed by atoms with E-state index in [1.807, 2.05) is 31.2 Å². The molecular weight excluding hydrogens is 254 g/mol. The van der Waals surface area contributed by atoms with Gasteiger partial charge in [0, 0.05) is 17.8 Å². The van der Waals surface area contributed by atoms with Crippen molar-refractivity contribution < 1.29 is 9.59 Å². The van der Waals surface area contributed by atoms with Crippen LogP contribution in [0, 0.1) is 0 Å². The maximum Gasteiger partial charge on any atom is 0.239 e. The topological polar surface area (TPSA) is 70.6 Å². The minimum Gasteiger partial charge on any atom is -0.326 e. The Balaban J connectivity index is 2.57. The van der Waals surface area contributed by atoms with Crippen LogP contribution in [-0.4, -0.2) is 17.5 Å². The highest BCUT2D eigenvalue weighted by Gasteiger charge is 2.07. The first-order valence-electron chi connectivity index (χ1n) is 6.76. The van der Waals surface area contributed by atoms with Gasteiger partial charge in [-0.1, -0.05) is 32.0 Å². The van der Waals surface area contributed by atoms with E-state index in [4.69, 9.17) is 0 Å². The first kappa shape index (κ1) is 15.9. The zero-order chi connectivity index (χ0) is 15.0. The third-order valence-electron chi connectivity index (χ3n) is 2.78. The molecule has 2 amide bonds. The van der Waals surface area contributed by atoms with Crippen LogP contribution < -0.4 is 10.7 Å². The first-order valence-corrected chi connectivity index (χ1v) is 6.76. The van der Waals surface area contributed by atoms with Crippen molar-refractivity contribution in [2.24, 2.45) is 5.10 Å². The molecule has 0 saturated heterocycles. The molecule has 0 radical (unpaired) electrons. The molecule has 1 rings (SSSR count). The first-order chi connectivity index (χ1) is 9.56. The molecule has 0 aliphatic carbocycles. The van der Waals surface area contributed by atoms with E-state index in [9.17, 15) is 9.59 Å². The highest BCUT2D eigenvalue weighted by molar-refractivity contribution is 6.06. The quantitative estimate of drug-likeness (QED) is 0.618. The monoisotopic (exact) mass is 275 g/mol. The summed E-state index contributed by atoms with van der Waals surface area (Å²) in [5.41, 5.74) is 4.88. The van der Waals surface area contributed by atoms with Gasteiger partial charge in [-0.3, -0.25) is 9.59 Å². The van der Waals surface area contributed by atoms with Gasteiger partial charge in [-0.2, -0.15) is 5.10 Å². The average Bonchev–Trinajstić information content (AvgIpc) is 2.45. The van der Waals surface area contributed by atoms with Gasteiger partial charge in [0.2, 0.25) is 11.8 Å². The molecule has 0 unspecified atom stereocenters. The average molecular weight is 275 g/mol. The molecule has 20 heavy (non-hydrogen) atoms. The normalized spacial score (nSPS) is 11.1. The Morgan fingerprint density at radius 2 is 1.85 bits per heavy atom. The van der Waals surface area contributed by atoms with Gasteiger partial charge in [0.1, 0.15) is 0 Å². The fourth-order valence-corrected chi connectivity index (χ4v) is 1.65. The van der Waals surface area contributed by atoms with Crippen LogP contribution in [0.4, 0.5) is 5.69 Å². The molecule has 0 spiro atoms. The van der Waals surface area contributed by atoms with Crippen molar-refractivity contribution in [2.45, 2.75) is 40.0 Å². The van der Waals surface area contributed by atoms with Crippen molar-refractivity contribution in [3.05, 3.63) is 29.8 Å². The van der Waals surface area contributed by atoms with E-state index in [-0.39, 0.29) is 18.2 Å². The van der Waals surface area contributed by atoms with Crippen molar-refractivity contribution in [2.75, 3.05) is 5.32 Å². The Kier molecular flexibility index (Phi) is 6.43. The molecular formula is C15H21N3O2. The molecule has 5 heteroatoms. The van der Waals surface area contributed by atoms with E-state index in [2.05, 4.69) is 15.8 Å². The zero-order valence-corrected chi connectivity index (χ0v) is 12.2. The summed E-state index contributed by atoms with van der Waals surface area (Å²) < 4.78 is 0. The number of para-hydroxylation sites is 1. The second kappa shape index (κ2) is 8.09. The number of hydrazone groups is 1. The van der Waals surface area contributed by atoms with Gasteiger partial charge in [0.05, 0.1) is 6.42 Å². The highest BCUT2D eigenvalue weighted by Crippen LogP contribution is 2.15. The molecule has 0 aliphatic rings.